The van der Waals surface area contributed by atoms with Gasteiger partial charge in [0.25, 0.3) is 0 Å². The molecule has 0 saturated heterocycles. The van der Waals surface area contributed by atoms with Crippen molar-refractivity contribution in [2.75, 3.05) is 0 Å². The van der Waals surface area contributed by atoms with Gasteiger partial charge in [-0.1, -0.05) is 81.1 Å². The third-order valence-electron chi connectivity index (χ3n) is 3.05. The van der Waals surface area contributed by atoms with Crippen LogP contribution >= 0.6 is 0 Å². The first kappa shape index (κ1) is 18.4. The first-order valence-corrected chi connectivity index (χ1v) is 7.25. The molecule has 0 aromatic carbocycles. The fourth-order valence-electron chi connectivity index (χ4n) is 1.86. The van der Waals surface area contributed by atoms with E-state index in [0.717, 1.165) is 11.8 Å². The molecule has 0 rings (SSSR count). The van der Waals surface area contributed by atoms with Gasteiger partial charge in [-0.3, -0.25) is 0 Å². The van der Waals surface area contributed by atoms with Gasteiger partial charge in [0, 0.05) is 0 Å². The van der Waals surface area contributed by atoms with E-state index < -0.39 is 0 Å². The molecule has 0 atom stereocenters. The van der Waals surface area contributed by atoms with Gasteiger partial charge in [-0.15, -0.1) is 0 Å². The largest absolute Gasteiger partial charge is 0.0654 e. The second-order valence-corrected chi connectivity index (χ2v) is 6.65. The topological polar surface area (TPSA) is 0 Å². The smallest absolute Gasteiger partial charge is 0.0354 e. The molecule has 0 radical (unpaired) electrons. The number of rotatable bonds is 6. The van der Waals surface area contributed by atoms with E-state index in [4.69, 9.17) is 0 Å². The molecular weight excluding hydrogens is 192 g/mol. The van der Waals surface area contributed by atoms with Crippen LogP contribution in [0.15, 0.2) is 0 Å². The number of unbranched alkanes of at least 4 members (excludes halogenated alkanes) is 1. The Balaban J connectivity index is 0. The van der Waals surface area contributed by atoms with Crippen molar-refractivity contribution in [3.63, 3.8) is 0 Å². The summed E-state index contributed by atoms with van der Waals surface area (Å²) in [5.41, 5.74) is 0.564. The molecule has 0 saturated carbocycles. The molecule has 0 heterocycles. The van der Waals surface area contributed by atoms with E-state index in [9.17, 15) is 0 Å². The molecule has 0 spiro atoms. The van der Waals surface area contributed by atoms with E-state index in [2.05, 4.69) is 55.4 Å². The normalized spacial score (nSPS) is 11.6. The Kier molecular flexibility index (Phi) is 11.7. The van der Waals surface area contributed by atoms with Gasteiger partial charge in [-0.25, -0.2) is 0 Å². The lowest BCUT2D eigenvalue weighted by atomic mass is 9.82. The number of hydrogen-bond acceptors (Lipinski definition) is 0. The summed E-state index contributed by atoms with van der Waals surface area (Å²) in [4.78, 5) is 0. The standard InChI is InChI=1S/C9H20.C7H16/c1-6-9(4,5)7-8(2)3;1-4-5-6-7(2)3/h8H,6-7H2,1-5H3;7H,4-6H2,1-3H3. The van der Waals surface area contributed by atoms with Gasteiger partial charge in [0.15, 0.2) is 0 Å². The summed E-state index contributed by atoms with van der Waals surface area (Å²) in [7, 11) is 0. The predicted molar refractivity (Wildman–Crippen MR) is 77.9 cm³/mol. The molecule has 0 heteroatoms. The highest BCUT2D eigenvalue weighted by molar-refractivity contribution is 4.67. The zero-order chi connectivity index (χ0) is 13.2. The van der Waals surface area contributed by atoms with Gasteiger partial charge in [0.2, 0.25) is 0 Å². The van der Waals surface area contributed by atoms with Crippen molar-refractivity contribution < 1.29 is 0 Å². The van der Waals surface area contributed by atoms with Crippen LogP contribution in [0.4, 0.5) is 0 Å². The third-order valence-corrected chi connectivity index (χ3v) is 3.05. The number of hydrogen-bond donors (Lipinski definition) is 0. The molecule has 0 N–H and O–H groups in total. The van der Waals surface area contributed by atoms with Crippen LogP contribution in [-0.2, 0) is 0 Å². The molecule has 0 bridgehead atoms. The molecule has 0 aliphatic heterocycles. The lowest BCUT2D eigenvalue weighted by molar-refractivity contribution is 0.277. The molecule has 0 aromatic rings. The first-order valence-electron chi connectivity index (χ1n) is 7.25. The second kappa shape index (κ2) is 10.2. The van der Waals surface area contributed by atoms with Crippen LogP contribution in [0.25, 0.3) is 0 Å². The van der Waals surface area contributed by atoms with E-state index in [1.165, 1.54) is 32.1 Å². The Morgan fingerprint density at radius 3 is 1.50 bits per heavy atom. The molecule has 0 aromatic heterocycles. The van der Waals surface area contributed by atoms with Gasteiger partial charge in [-0.05, 0) is 23.7 Å². The zero-order valence-corrected chi connectivity index (χ0v) is 13.2. The van der Waals surface area contributed by atoms with Gasteiger partial charge in [0.05, 0.1) is 0 Å². The minimum Gasteiger partial charge on any atom is -0.0654 e. The molecule has 0 unspecified atom stereocenters. The fourth-order valence-corrected chi connectivity index (χ4v) is 1.86. The maximum absolute atomic E-state index is 2.34. The summed E-state index contributed by atoms with van der Waals surface area (Å²) in [6.07, 6.45) is 6.79. The summed E-state index contributed by atoms with van der Waals surface area (Å²) in [6, 6.07) is 0. The average molecular weight is 228 g/mol. The minimum absolute atomic E-state index is 0.564. The van der Waals surface area contributed by atoms with Crippen molar-refractivity contribution in [3.8, 4) is 0 Å². The molecule has 0 amide bonds. The summed E-state index contributed by atoms with van der Waals surface area (Å²) < 4.78 is 0. The van der Waals surface area contributed by atoms with Crippen LogP contribution in [0, 0.1) is 17.3 Å². The third kappa shape index (κ3) is 16.4. The molecular formula is C16H36. The Hall–Kier alpha value is 0. The Labute approximate surface area is 105 Å². The van der Waals surface area contributed by atoms with Crippen LogP contribution in [0.3, 0.4) is 0 Å². The monoisotopic (exact) mass is 228 g/mol. The fraction of sp³-hybridized carbons (Fsp3) is 1.00. The van der Waals surface area contributed by atoms with E-state index in [0.29, 0.717) is 5.41 Å². The minimum atomic E-state index is 0.564. The molecule has 0 nitrogen and oxygen atoms in total. The van der Waals surface area contributed by atoms with Crippen LogP contribution in [0.5, 0.6) is 0 Å². The zero-order valence-electron chi connectivity index (χ0n) is 13.2. The lowest BCUT2D eigenvalue weighted by Crippen LogP contribution is -2.12. The van der Waals surface area contributed by atoms with E-state index in [1.54, 1.807) is 0 Å². The SMILES string of the molecule is CCC(C)(C)CC(C)C.CCCCC(C)C. The van der Waals surface area contributed by atoms with E-state index >= 15 is 0 Å². The molecule has 16 heavy (non-hydrogen) atoms. The molecule has 0 aliphatic rings. The summed E-state index contributed by atoms with van der Waals surface area (Å²) in [5.74, 6) is 1.75. The van der Waals surface area contributed by atoms with Gasteiger partial charge in [0.1, 0.15) is 0 Å². The van der Waals surface area contributed by atoms with Gasteiger partial charge >= 0.3 is 0 Å². The maximum Gasteiger partial charge on any atom is -0.0354 e. The molecule has 0 fully saturated rings. The van der Waals surface area contributed by atoms with Crippen LogP contribution < -0.4 is 0 Å². The first-order chi connectivity index (χ1) is 7.25. The highest BCUT2D eigenvalue weighted by Crippen LogP contribution is 2.28. The van der Waals surface area contributed by atoms with Gasteiger partial charge in [-0.2, -0.15) is 0 Å². The van der Waals surface area contributed by atoms with Crippen molar-refractivity contribution in [3.05, 3.63) is 0 Å². The van der Waals surface area contributed by atoms with Gasteiger partial charge < -0.3 is 0 Å². The second-order valence-electron chi connectivity index (χ2n) is 6.65. The summed E-state index contributed by atoms with van der Waals surface area (Å²) in [5, 5.41) is 0. The lowest BCUT2D eigenvalue weighted by Gasteiger charge is -2.24. The van der Waals surface area contributed by atoms with E-state index in [1.807, 2.05) is 0 Å². The van der Waals surface area contributed by atoms with Crippen LogP contribution in [0.1, 0.15) is 87.5 Å². The van der Waals surface area contributed by atoms with Crippen LogP contribution in [-0.4, -0.2) is 0 Å². The highest BCUT2D eigenvalue weighted by Gasteiger charge is 2.15. The van der Waals surface area contributed by atoms with Crippen molar-refractivity contribution in [1.29, 1.82) is 0 Å². The van der Waals surface area contributed by atoms with E-state index in [-0.39, 0.29) is 0 Å². The Morgan fingerprint density at radius 2 is 1.38 bits per heavy atom. The van der Waals surface area contributed by atoms with Crippen molar-refractivity contribution in [1.82, 2.24) is 0 Å². The summed E-state index contributed by atoms with van der Waals surface area (Å²) in [6.45, 7) is 18.3. The Morgan fingerprint density at radius 1 is 0.875 bits per heavy atom. The van der Waals surface area contributed by atoms with Crippen LogP contribution in [0.2, 0.25) is 0 Å². The predicted octanol–water partition coefficient (Wildman–Crippen LogP) is 6.30. The molecule has 100 valence electrons. The van der Waals surface area contributed by atoms with Crippen molar-refractivity contribution in [2.45, 2.75) is 87.5 Å². The van der Waals surface area contributed by atoms with Crippen molar-refractivity contribution in [2.24, 2.45) is 17.3 Å². The molecule has 0 aliphatic carbocycles. The average Bonchev–Trinajstić information content (AvgIpc) is 2.14. The Bertz CT molecular complexity index is 131. The van der Waals surface area contributed by atoms with Crippen molar-refractivity contribution >= 4 is 0 Å². The maximum atomic E-state index is 2.34. The quantitative estimate of drug-likeness (QED) is 0.500. The highest BCUT2D eigenvalue weighted by atomic mass is 14.2. The summed E-state index contributed by atoms with van der Waals surface area (Å²) >= 11 is 0.